The molecule has 1 fully saturated rings. The van der Waals surface area contributed by atoms with E-state index in [0.29, 0.717) is 50.1 Å². The highest BCUT2D eigenvalue weighted by atomic mass is 32.2. The van der Waals surface area contributed by atoms with Crippen molar-refractivity contribution in [1.82, 2.24) is 14.5 Å². The molecule has 1 saturated heterocycles. The Labute approximate surface area is 177 Å². The highest BCUT2D eigenvalue weighted by molar-refractivity contribution is 7.89. The summed E-state index contributed by atoms with van der Waals surface area (Å²) in [5.41, 5.74) is 1.16. The first-order valence-corrected chi connectivity index (χ1v) is 12.3. The van der Waals surface area contributed by atoms with Crippen LogP contribution in [0.4, 0.5) is 0 Å². The minimum absolute atomic E-state index is 0.0321. The number of amides is 1. The maximum Gasteiger partial charge on any atom is 0.243 e. The molecular formula is C21H29N3O3S2. The van der Waals surface area contributed by atoms with Gasteiger partial charge in [0.2, 0.25) is 15.9 Å². The Hall–Kier alpha value is -1.74. The average Bonchev–Trinajstić information content (AvgIpc) is 3.26. The fourth-order valence-electron chi connectivity index (χ4n) is 3.34. The summed E-state index contributed by atoms with van der Waals surface area (Å²) < 4.78 is 27.4. The molecule has 1 aliphatic heterocycles. The number of hydrogen-bond donors (Lipinski definition) is 1. The number of piperazine rings is 1. The minimum Gasteiger partial charge on any atom is -0.350 e. The molecule has 0 saturated carbocycles. The Kier molecular flexibility index (Phi) is 7.45. The van der Waals surface area contributed by atoms with Crippen molar-refractivity contribution in [2.75, 3.05) is 32.7 Å². The average molecular weight is 436 g/mol. The van der Waals surface area contributed by atoms with Crippen LogP contribution in [-0.2, 0) is 21.4 Å². The molecule has 0 radical (unpaired) electrons. The lowest BCUT2D eigenvalue weighted by Crippen LogP contribution is -2.50. The summed E-state index contributed by atoms with van der Waals surface area (Å²) >= 11 is 1.61. The van der Waals surface area contributed by atoms with Crippen molar-refractivity contribution in [3.8, 4) is 0 Å². The summed E-state index contributed by atoms with van der Waals surface area (Å²) in [7, 11) is -3.50. The van der Waals surface area contributed by atoms with Crippen LogP contribution in [0.15, 0.2) is 46.7 Å². The molecule has 2 aromatic rings. The van der Waals surface area contributed by atoms with E-state index in [2.05, 4.69) is 19.2 Å². The molecule has 0 bridgehead atoms. The molecule has 0 aliphatic carbocycles. The summed E-state index contributed by atoms with van der Waals surface area (Å²) in [6.45, 7) is 6.99. The molecule has 2 heterocycles. The lowest BCUT2D eigenvalue weighted by Gasteiger charge is -2.33. The fraction of sp³-hybridized carbons (Fsp3) is 0.476. The second kappa shape index (κ2) is 9.84. The maximum atomic E-state index is 12.9. The van der Waals surface area contributed by atoms with E-state index in [1.807, 2.05) is 34.5 Å². The number of thiophene rings is 1. The number of nitrogens with one attached hydrogen (secondary N) is 1. The van der Waals surface area contributed by atoms with Gasteiger partial charge >= 0.3 is 0 Å². The first kappa shape index (κ1) is 22.0. The van der Waals surface area contributed by atoms with E-state index in [1.165, 1.54) is 4.31 Å². The van der Waals surface area contributed by atoms with Crippen LogP contribution in [0.1, 0.15) is 36.6 Å². The normalized spacial score (nSPS) is 17.2. The van der Waals surface area contributed by atoms with Gasteiger partial charge in [0.15, 0.2) is 0 Å². The zero-order chi connectivity index (χ0) is 20.9. The number of rotatable bonds is 8. The number of hydrogen-bond acceptors (Lipinski definition) is 5. The Morgan fingerprint density at radius 3 is 2.41 bits per heavy atom. The predicted octanol–water partition coefficient (Wildman–Crippen LogP) is 2.88. The molecule has 1 unspecified atom stereocenters. The van der Waals surface area contributed by atoms with Crippen LogP contribution in [0.5, 0.6) is 0 Å². The van der Waals surface area contributed by atoms with Gasteiger partial charge in [0.1, 0.15) is 0 Å². The summed E-state index contributed by atoms with van der Waals surface area (Å²) in [4.78, 5) is 15.6. The standard InChI is InChI=1S/C21H29N3O3S2/c1-3-17(2)18-6-8-20(9-7-18)29(26,27)24-12-10-23(11-13-24)16-21(25)22-15-19-5-4-14-28-19/h4-9,14,17H,3,10-13,15-16H2,1-2H3,(H,22,25). The van der Waals surface area contributed by atoms with Crippen molar-refractivity contribution in [2.45, 2.75) is 37.6 Å². The number of nitrogens with zero attached hydrogens (tertiary/aromatic N) is 2. The van der Waals surface area contributed by atoms with Crippen LogP contribution in [0.3, 0.4) is 0 Å². The van der Waals surface area contributed by atoms with Crippen LogP contribution in [-0.4, -0.2) is 56.3 Å². The second-order valence-corrected chi connectivity index (χ2v) is 10.4. The van der Waals surface area contributed by atoms with E-state index in [9.17, 15) is 13.2 Å². The van der Waals surface area contributed by atoms with Crippen LogP contribution in [0.2, 0.25) is 0 Å². The van der Waals surface area contributed by atoms with Gasteiger partial charge in [-0.15, -0.1) is 11.3 Å². The van der Waals surface area contributed by atoms with E-state index in [4.69, 9.17) is 0 Å². The van der Waals surface area contributed by atoms with E-state index >= 15 is 0 Å². The lowest BCUT2D eigenvalue weighted by atomic mass is 9.99. The van der Waals surface area contributed by atoms with Crippen molar-refractivity contribution < 1.29 is 13.2 Å². The molecule has 1 N–H and O–H groups in total. The Bertz CT molecular complexity index is 888. The summed E-state index contributed by atoms with van der Waals surface area (Å²) in [6.07, 6.45) is 1.02. The Morgan fingerprint density at radius 1 is 1.14 bits per heavy atom. The highest BCUT2D eigenvalue weighted by Gasteiger charge is 2.29. The molecule has 29 heavy (non-hydrogen) atoms. The monoisotopic (exact) mass is 435 g/mol. The molecular weight excluding hydrogens is 406 g/mol. The van der Waals surface area contributed by atoms with Gasteiger partial charge in [-0.2, -0.15) is 4.31 Å². The van der Waals surface area contributed by atoms with Gasteiger partial charge in [0.25, 0.3) is 0 Å². The molecule has 8 heteroatoms. The third-order valence-electron chi connectivity index (χ3n) is 5.44. The van der Waals surface area contributed by atoms with Gasteiger partial charge in [0.05, 0.1) is 18.0 Å². The van der Waals surface area contributed by atoms with Crippen LogP contribution in [0, 0.1) is 0 Å². The number of carbonyl (C=O) groups is 1. The Balaban J connectivity index is 1.50. The quantitative estimate of drug-likeness (QED) is 0.692. The fourth-order valence-corrected chi connectivity index (χ4v) is 5.41. The van der Waals surface area contributed by atoms with Gasteiger partial charge < -0.3 is 5.32 Å². The van der Waals surface area contributed by atoms with Crippen molar-refractivity contribution in [2.24, 2.45) is 0 Å². The van der Waals surface area contributed by atoms with E-state index in [1.54, 1.807) is 23.5 Å². The molecule has 1 aromatic carbocycles. The predicted molar refractivity (Wildman–Crippen MR) is 117 cm³/mol. The van der Waals surface area contributed by atoms with Gasteiger partial charge in [-0.3, -0.25) is 9.69 Å². The second-order valence-electron chi connectivity index (χ2n) is 7.41. The van der Waals surface area contributed by atoms with Gasteiger partial charge in [-0.1, -0.05) is 32.0 Å². The number of carbonyl (C=O) groups excluding carboxylic acids is 1. The molecule has 3 rings (SSSR count). The number of benzene rings is 1. The molecule has 1 aromatic heterocycles. The zero-order valence-electron chi connectivity index (χ0n) is 17.0. The van der Waals surface area contributed by atoms with Crippen LogP contribution < -0.4 is 5.32 Å². The highest BCUT2D eigenvalue weighted by Crippen LogP contribution is 2.23. The molecule has 1 amide bonds. The summed E-state index contributed by atoms with van der Waals surface area (Å²) in [5.74, 6) is 0.386. The Morgan fingerprint density at radius 2 is 1.83 bits per heavy atom. The summed E-state index contributed by atoms with van der Waals surface area (Å²) in [5, 5.41) is 4.90. The third kappa shape index (κ3) is 5.66. The zero-order valence-corrected chi connectivity index (χ0v) is 18.6. The van der Waals surface area contributed by atoms with E-state index in [-0.39, 0.29) is 5.91 Å². The molecule has 0 spiro atoms. The van der Waals surface area contributed by atoms with Gasteiger partial charge in [-0.05, 0) is 41.5 Å². The first-order chi connectivity index (χ1) is 13.9. The molecule has 1 atom stereocenters. The topological polar surface area (TPSA) is 69.7 Å². The van der Waals surface area contributed by atoms with Crippen molar-refractivity contribution in [1.29, 1.82) is 0 Å². The molecule has 1 aliphatic rings. The number of sulfonamides is 1. The summed E-state index contributed by atoms with van der Waals surface area (Å²) in [6, 6.07) is 11.2. The lowest BCUT2D eigenvalue weighted by molar-refractivity contribution is -0.122. The van der Waals surface area contributed by atoms with E-state index < -0.39 is 10.0 Å². The molecule has 6 nitrogen and oxygen atoms in total. The van der Waals surface area contributed by atoms with E-state index in [0.717, 1.165) is 16.9 Å². The minimum atomic E-state index is -3.50. The van der Waals surface area contributed by atoms with Crippen LogP contribution >= 0.6 is 11.3 Å². The molecule has 158 valence electrons. The smallest absolute Gasteiger partial charge is 0.243 e. The maximum absolute atomic E-state index is 12.9. The SMILES string of the molecule is CCC(C)c1ccc(S(=O)(=O)N2CCN(CC(=O)NCc3cccs3)CC2)cc1. The van der Waals surface area contributed by atoms with Gasteiger partial charge in [-0.25, -0.2) is 8.42 Å². The first-order valence-electron chi connectivity index (χ1n) is 10.0. The third-order valence-corrected chi connectivity index (χ3v) is 8.23. The largest absolute Gasteiger partial charge is 0.350 e. The van der Waals surface area contributed by atoms with Crippen LogP contribution in [0.25, 0.3) is 0 Å². The van der Waals surface area contributed by atoms with Crippen molar-refractivity contribution in [3.05, 3.63) is 52.2 Å². The van der Waals surface area contributed by atoms with Crippen molar-refractivity contribution in [3.63, 3.8) is 0 Å². The van der Waals surface area contributed by atoms with Gasteiger partial charge in [0, 0.05) is 31.1 Å². The van der Waals surface area contributed by atoms with Crippen molar-refractivity contribution >= 4 is 27.3 Å².